The topological polar surface area (TPSA) is 79.7 Å². The standard InChI is InChI=1S/C30H64N2O3/c1-16-30(15,23(3)21-34-26(7,8)19-24(4)31)29(13,14)33-18-17-25(5,6)28(11,12)35-20-22(2)27(9,10)32/h22-24H,16-21,31-32H2,1-15H3. The summed E-state index contributed by atoms with van der Waals surface area (Å²) in [6.45, 7) is 34.9. The second-order valence-corrected chi connectivity index (χ2v) is 14.5. The summed E-state index contributed by atoms with van der Waals surface area (Å²) in [5.41, 5.74) is 11.1. The predicted molar refractivity (Wildman–Crippen MR) is 152 cm³/mol. The summed E-state index contributed by atoms with van der Waals surface area (Å²) in [7, 11) is 0. The molecule has 0 heterocycles. The molecule has 0 aliphatic rings. The molecule has 0 aliphatic carbocycles. The maximum absolute atomic E-state index is 6.66. The molecule has 0 bridgehead atoms. The van der Waals surface area contributed by atoms with Crippen molar-refractivity contribution < 1.29 is 14.2 Å². The van der Waals surface area contributed by atoms with Crippen LogP contribution in [-0.4, -0.2) is 48.2 Å². The summed E-state index contributed by atoms with van der Waals surface area (Å²) in [4.78, 5) is 0. The van der Waals surface area contributed by atoms with E-state index in [1.54, 1.807) is 0 Å². The summed E-state index contributed by atoms with van der Waals surface area (Å²) < 4.78 is 19.4. The maximum atomic E-state index is 6.66. The molecule has 5 heteroatoms. The number of nitrogens with two attached hydrogens (primary N) is 2. The van der Waals surface area contributed by atoms with Gasteiger partial charge in [0.1, 0.15) is 0 Å². The van der Waals surface area contributed by atoms with E-state index in [-0.39, 0.29) is 45.1 Å². The second kappa shape index (κ2) is 12.6. The molecule has 4 unspecified atom stereocenters. The summed E-state index contributed by atoms with van der Waals surface area (Å²) in [6.07, 6.45) is 2.77. The first-order valence-corrected chi connectivity index (χ1v) is 13.9. The molecule has 0 rings (SSSR count). The minimum Gasteiger partial charge on any atom is -0.375 e. The van der Waals surface area contributed by atoms with Crippen LogP contribution in [0.25, 0.3) is 0 Å². The molecule has 0 aliphatic heterocycles. The number of rotatable bonds is 17. The predicted octanol–water partition coefficient (Wildman–Crippen LogP) is 6.95. The van der Waals surface area contributed by atoms with Gasteiger partial charge in [0.05, 0.1) is 30.0 Å². The first kappa shape index (κ1) is 34.8. The Hall–Kier alpha value is -0.200. The van der Waals surface area contributed by atoms with Crippen molar-refractivity contribution in [1.29, 1.82) is 0 Å². The zero-order chi connectivity index (χ0) is 28.1. The minimum absolute atomic E-state index is 0.0320. The third-order valence-electron chi connectivity index (χ3n) is 9.52. The van der Waals surface area contributed by atoms with Crippen molar-refractivity contribution in [2.75, 3.05) is 19.8 Å². The molecule has 0 fully saturated rings. The largest absolute Gasteiger partial charge is 0.375 e. The van der Waals surface area contributed by atoms with Crippen LogP contribution in [0.4, 0.5) is 0 Å². The molecular weight excluding hydrogens is 436 g/mol. The van der Waals surface area contributed by atoms with Crippen LogP contribution in [0.5, 0.6) is 0 Å². The first-order chi connectivity index (χ1) is 15.4. The van der Waals surface area contributed by atoms with Gasteiger partial charge in [-0.1, -0.05) is 41.5 Å². The lowest BCUT2D eigenvalue weighted by molar-refractivity contribution is -0.165. The van der Waals surface area contributed by atoms with Gasteiger partial charge < -0.3 is 25.7 Å². The molecule has 212 valence electrons. The van der Waals surface area contributed by atoms with Crippen LogP contribution < -0.4 is 11.5 Å². The second-order valence-electron chi connectivity index (χ2n) is 14.5. The van der Waals surface area contributed by atoms with E-state index < -0.39 is 0 Å². The van der Waals surface area contributed by atoms with Gasteiger partial charge >= 0.3 is 0 Å². The van der Waals surface area contributed by atoms with Gasteiger partial charge in [-0.15, -0.1) is 0 Å². The number of hydrogen-bond donors (Lipinski definition) is 2. The minimum atomic E-state index is -0.297. The molecule has 4 N–H and O–H groups in total. The number of ether oxygens (including phenoxy) is 3. The van der Waals surface area contributed by atoms with Gasteiger partial charge in [-0.05, 0) is 98.8 Å². The van der Waals surface area contributed by atoms with Gasteiger partial charge in [-0.25, -0.2) is 0 Å². The summed E-state index contributed by atoms with van der Waals surface area (Å²) >= 11 is 0. The normalized spacial score (nSPS) is 18.8. The average Bonchev–Trinajstić information content (AvgIpc) is 2.67. The lowest BCUT2D eigenvalue weighted by Gasteiger charge is -2.49. The molecule has 4 atom stereocenters. The van der Waals surface area contributed by atoms with Gasteiger partial charge in [-0.3, -0.25) is 0 Å². The Morgan fingerprint density at radius 3 is 1.60 bits per heavy atom. The van der Waals surface area contributed by atoms with E-state index in [1.165, 1.54) is 0 Å². The molecule has 35 heavy (non-hydrogen) atoms. The van der Waals surface area contributed by atoms with Crippen molar-refractivity contribution in [3.05, 3.63) is 0 Å². The van der Waals surface area contributed by atoms with Gasteiger partial charge in [0, 0.05) is 23.6 Å². The van der Waals surface area contributed by atoms with Crippen LogP contribution in [0.3, 0.4) is 0 Å². The van der Waals surface area contributed by atoms with Gasteiger partial charge in [0.2, 0.25) is 0 Å². The monoisotopic (exact) mass is 500 g/mol. The van der Waals surface area contributed by atoms with Crippen molar-refractivity contribution >= 4 is 0 Å². The van der Waals surface area contributed by atoms with Gasteiger partial charge in [0.25, 0.3) is 0 Å². The van der Waals surface area contributed by atoms with E-state index in [2.05, 4.69) is 96.9 Å². The van der Waals surface area contributed by atoms with Crippen LogP contribution in [0.15, 0.2) is 0 Å². The van der Waals surface area contributed by atoms with Crippen molar-refractivity contribution in [3.8, 4) is 0 Å². The van der Waals surface area contributed by atoms with E-state index >= 15 is 0 Å². The van der Waals surface area contributed by atoms with Crippen molar-refractivity contribution in [2.45, 2.75) is 152 Å². The smallest absolute Gasteiger partial charge is 0.0683 e. The Labute approximate surface area is 219 Å². The highest BCUT2D eigenvalue weighted by Crippen LogP contribution is 2.45. The van der Waals surface area contributed by atoms with Crippen LogP contribution in [0, 0.1) is 22.7 Å². The van der Waals surface area contributed by atoms with Gasteiger partial charge in [-0.2, -0.15) is 0 Å². The van der Waals surface area contributed by atoms with E-state index in [0.717, 1.165) is 19.3 Å². The maximum Gasteiger partial charge on any atom is 0.0683 e. The SMILES string of the molecule is CCC(C)(C(C)COC(C)(C)CC(C)N)C(C)(C)OCCC(C)(C)C(C)(C)OCC(C)C(C)(C)N. The van der Waals surface area contributed by atoms with E-state index in [0.29, 0.717) is 25.7 Å². The Bertz CT molecular complexity index is 620. The third kappa shape index (κ3) is 10.2. The zero-order valence-electron chi connectivity index (χ0n) is 26.4. The highest BCUT2D eigenvalue weighted by atomic mass is 16.5. The molecular formula is C30H64N2O3. The fraction of sp³-hybridized carbons (Fsp3) is 1.00. The summed E-state index contributed by atoms with van der Waals surface area (Å²) in [5.74, 6) is 0.614. The first-order valence-electron chi connectivity index (χ1n) is 13.9. The molecule has 0 saturated carbocycles. The summed E-state index contributed by atoms with van der Waals surface area (Å²) in [5, 5.41) is 0. The molecule has 5 nitrogen and oxygen atoms in total. The number of hydrogen-bond acceptors (Lipinski definition) is 5. The Balaban J connectivity index is 5.17. The van der Waals surface area contributed by atoms with Crippen LogP contribution in [0.2, 0.25) is 0 Å². The van der Waals surface area contributed by atoms with E-state index in [1.807, 2.05) is 6.92 Å². The molecule has 0 aromatic carbocycles. The lowest BCUT2D eigenvalue weighted by Crippen LogP contribution is -2.50. The Kier molecular flexibility index (Phi) is 12.5. The highest BCUT2D eigenvalue weighted by molar-refractivity contribution is 4.95. The molecule has 0 aromatic heterocycles. The van der Waals surface area contributed by atoms with Crippen LogP contribution >= 0.6 is 0 Å². The van der Waals surface area contributed by atoms with Crippen molar-refractivity contribution in [1.82, 2.24) is 0 Å². The quantitative estimate of drug-likeness (QED) is 0.226. The fourth-order valence-electron chi connectivity index (χ4n) is 4.51. The van der Waals surface area contributed by atoms with E-state index in [4.69, 9.17) is 25.7 Å². The van der Waals surface area contributed by atoms with Crippen molar-refractivity contribution in [2.24, 2.45) is 34.1 Å². The molecule has 0 aromatic rings. The van der Waals surface area contributed by atoms with Crippen molar-refractivity contribution in [3.63, 3.8) is 0 Å². The van der Waals surface area contributed by atoms with Crippen LogP contribution in [0.1, 0.15) is 123 Å². The Morgan fingerprint density at radius 1 is 0.686 bits per heavy atom. The highest BCUT2D eigenvalue weighted by Gasteiger charge is 2.46. The summed E-state index contributed by atoms with van der Waals surface area (Å²) in [6, 6.07) is 0.124. The molecule has 0 amide bonds. The fourth-order valence-corrected chi connectivity index (χ4v) is 4.51. The zero-order valence-corrected chi connectivity index (χ0v) is 26.4. The Morgan fingerprint density at radius 2 is 1.17 bits per heavy atom. The molecule has 0 spiro atoms. The average molecular weight is 501 g/mol. The van der Waals surface area contributed by atoms with E-state index in [9.17, 15) is 0 Å². The third-order valence-corrected chi connectivity index (χ3v) is 9.52. The van der Waals surface area contributed by atoms with Crippen LogP contribution in [-0.2, 0) is 14.2 Å². The molecule has 0 radical (unpaired) electrons. The lowest BCUT2D eigenvalue weighted by atomic mass is 9.65. The van der Waals surface area contributed by atoms with Gasteiger partial charge in [0.15, 0.2) is 0 Å². The molecule has 0 saturated heterocycles.